The molecule has 0 aromatic rings. The van der Waals surface area contributed by atoms with Crippen molar-refractivity contribution in [2.24, 2.45) is 0 Å². The summed E-state index contributed by atoms with van der Waals surface area (Å²) < 4.78 is 5.51. The van der Waals surface area contributed by atoms with Crippen LogP contribution in [0.5, 0.6) is 0 Å². The van der Waals surface area contributed by atoms with Gasteiger partial charge in [-0.1, -0.05) is 411 Å². The summed E-state index contributed by atoms with van der Waals surface area (Å²) in [4.78, 5) is 24.6. The number of hydrogen-bond donors (Lipinski definition) is 3. The van der Waals surface area contributed by atoms with Crippen molar-refractivity contribution in [2.75, 3.05) is 13.2 Å². The molecule has 0 aliphatic carbocycles. The molecule has 0 heterocycles. The second-order valence-electron chi connectivity index (χ2n) is 27.8. The Bertz CT molecular complexity index is 1300. The molecule has 0 bridgehead atoms. The fourth-order valence-electron chi connectivity index (χ4n) is 13.0. The molecule has 86 heavy (non-hydrogen) atoms. The van der Waals surface area contributed by atoms with Crippen LogP contribution in [0.4, 0.5) is 0 Å². The minimum atomic E-state index is -0.660. The van der Waals surface area contributed by atoms with E-state index in [1.165, 1.54) is 392 Å². The van der Waals surface area contributed by atoms with E-state index < -0.39 is 12.1 Å². The molecule has 6 nitrogen and oxygen atoms in total. The van der Waals surface area contributed by atoms with E-state index in [0.717, 1.165) is 38.5 Å². The summed E-state index contributed by atoms with van der Waals surface area (Å²) in [5, 5.41) is 23.4. The molecular formula is C80H157NO5. The van der Waals surface area contributed by atoms with E-state index in [1.807, 2.05) is 0 Å². The number of ether oxygens (including phenoxy) is 1. The fraction of sp³-hybridized carbons (Fsp3) is 0.950. The van der Waals surface area contributed by atoms with Crippen molar-refractivity contribution in [3.63, 3.8) is 0 Å². The highest BCUT2D eigenvalue weighted by molar-refractivity contribution is 5.76. The van der Waals surface area contributed by atoms with Gasteiger partial charge in [-0.2, -0.15) is 0 Å². The van der Waals surface area contributed by atoms with Crippen LogP contribution in [-0.4, -0.2) is 47.4 Å². The normalized spacial score (nSPS) is 12.5. The number of rotatable bonds is 76. The first-order valence-corrected chi connectivity index (χ1v) is 39.9. The quantitative estimate of drug-likeness (QED) is 0.0320. The Hall–Kier alpha value is -1.40. The molecule has 0 rings (SSSR count). The van der Waals surface area contributed by atoms with Crippen LogP contribution in [0.2, 0.25) is 0 Å². The molecule has 1 amide bonds. The zero-order valence-electron chi connectivity index (χ0n) is 58.8. The number of carbonyl (C=O) groups excluding carboxylic acids is 2. The van der Waals surface area contributed by atoms with Gasteiger partial charge in [-0.05, 0) is 51.4 Å². The highest BCUT2D eigenvalue weighted by atomic mass is 16.5. The maximum Gasteiger partial charge on any atom is 0.305 e. The Labute approximate surface area is 539 Å². The van der Waals surface area contributed by atoms with E-state index in [1.54, 1.807) is 0 Å². The highest BCUT2D eigenvalue weighted by Gasteiger charge is 2.20. The molecule has 512 valence electrons. The van der Waals surface area contributed by atoms with Gasteiger partial charge in [0.1, 0.15) is 0 Å². The van der Waals surface area contributed by atoms with Crippen molar-refractivity contribution in [3.05, 3.63) is 12.2 Å². The molecular weight excluding hydrogens is 1050 g/mol. The predicted octanol–water partition coefficient (Wildman–Crippen LogP) is 26.3. The van der Waals surface area contributed by atoms with E-state index in [4.69, 9.17) is 4.74 Å². The summed E-state index contributed by atoms with van der Waals surface area (Å²) in [6.07, 6.45) is 96.0. The van der Waals surface area contributed by atoms with Gasteiger partial charge in [0, 0.05) is 12.8 Å². The maximum absolute atomic E-state index is 12.5. The number of esters is 1. The van der Waals surface area contributed by atoms with Gasteiger partial charge >= 0.3 is 5.97 Å². The Kier molecular flexibility index (Phi) is 74.8. The minimum absolute atomic E-state index is 0.0205. The van der Waals surface area contributed by atoms with Crippen molar-refractivity contribution in [1.82, 2.24) is 5.32 Å². The molecule has 2 unspecified atom stereocenters. The third-order valence-electron chi connectivity index (χ3n) is 19.1. The first-order chi connectivity index (χ1) is 42.5. The van der Waals surface area contributed by atoms with Gasteiger partial charge in [-0.15, -0.1) is 0 Å². The molecule has 0 saturated carbocycles. The summed E-state index contributed by atoms with van der Waals surface area (Å²) in [6.45, 7) is 5.00. The van der Waals surface area contributed by atoms with E-state index in [2.05, 4.69) is 31.3 Å². The van der Waals surface area contributed by atoms with Crippen LogP contribution >= 0.6 is 0 Å². The van der Waals surface area contributed by atoms with Gasteiger partial charge < -0.3 is 20.3 Å². The molecule has 3 N–H and O–H groups in total. The van der Waals surface area contributed by atoms with Crippen LogP contribution in [-0.2, 0) is 14.3 Å². The number of carbonyl (C=O) groups is 2. The largest absolute Gasteiger partial charge is 0.466 e. The number of aliphatic hydroxyl groups is 2. The number of allylic oxidation sites excluding steroid dienone is 2. The van der Waals surface area contributed by atoms with Gasteiger partial charge in [0.15, 0.2) is 0 Å². The van der Waals surface area contributed by atoms with Crippen LogP contribution in [0.15, 0.2) is 12.2 Å². The standard InChI is InChI=1S/C80H157NO5/c1-3-5-7-9-11-13-15-17-19-40-44-48-52-56-60-64-68-72-78(83)77(76-82)81-79(84)73-69-65-61-57-53-49-45-42-38-36-34-32-30-28-26-24-22-21-23-25-27-29-31-33-35-37-39-43-47-51-55-59-63-67-71-75-86-80(85)74-70-66-62-58-54-50-46-41-20-18-16-14-12-10-8-6-4-2/h18,20,77-78,82-83H,3-17,19,21-76H2,1-2H3,(H,81,84)/b20-18-. The number of unbranched alkanes of at least 4 members (excludes halogenated alkanes) is 63. The Balaban J connectivity index is 3.29. The van der Waals surface area contributed by atoms with E-state index in [0.29, 0.717) is 25.9 Å². The lowest BCUT2D eigenvalue weighted by Crippen LogP contribution is -2.45. The molecule has 0 aliphatic heterocycles. The van der Waals surface area contributed by atoms with E-state index in [9.17, 15) is 19.8 Å². The van der Waals surface area contributed by atoms with E-state index in [-0.39, 0.29) is 18.5 Å². The third kappa shape index (κ3) is 71.7. The summed E-state index contributed by atoms with van der Waals surface area (Å²) in [5.74, 6) is -0.00451. The van der Waals surface area contributed by atoms with Crippen molar-refractivity contribution >= 4 is 11.9 Å². The predicted molar refractivity (Wildman–Crippen MR) is 380 cm³/mol. The highest BCUT2D eigenvalue weighted by Crippen LogP contribution is 2.20. The monoisotopic (exact) mass is 1210 g/mol. The van der Waals surface area contributed by atoms with Crippen LogP contribution < -0.4 is 5.32 Å². The topological polar surface area (TPSA) is 95.9 Å². The number of nitrogens with one attached hydrogen (secondary N) is 1. The van der Waals surface area contributed by atoms with Crippen LogP contribution in [0, 0.1) is 0 Å². The Morgan fingerprint density at radius 3 is 0.826 bits per heavy atom. The maximum atomic E-state index is 12.5. The molecule has 0 fully saturated rings. The average Bonchev–Trinajstić information content (AvgIpc) is 3.59. The van der Waals surface area contributed by atoms with Crippen molar-refractivity contribution < 1.29 is 24.5 Å². The van der Waals surface area contributed by atoms with Gasteiger partial charge in [0.25, 0.3) is 0 Å². The summed E-state index contributed by atoms with van der Waals surface area (Å²) >= 11 is 0. The zero-order chi connectivity index (χ0) is 62.0. The average molecular weight is 1210 g/mol. The van der Waals surface area contributed by atoms with Gasteiger partial charge in [0.05, 0.1) is 25.4 Å². The molecule has 6 heteroatoms. The summed E-state index contributed by atoms with van der Waals surface area (Å²) in [7, 11) is 0. The molecule has 0 spiro atoms. The lowest BCUT2D eigenvalue weighted by atomic mass is 10.0. The Morgan fingerprint density at radius 2 is 0.547 bits per heavy atom. The van der Waals surface area contributed by atoms with E-state index >= 15 is 0 Å². The van der Waals surface area contributed by atoms with Crippen molar-refractivity contribution in [3.8, 4) is 0 Å². The van der Waals surface area contributed by atoms with Gasteiger partial charge in [0.2, 0.25) is 5.91 Å². The van der Waals surface area contributed by atoms with Crippen LogP contribution in [0.25, 0.3) is 0 Å². The number of amides is 1. The van der Waals surface area contributed by atoms with Crippen molar-refractivity contribution in [2.45, 2.75) is 475 Å². The van der Waals surface area contributed by atoms with Crippen LogP contribution in [0.1, 0.15) is 463 Å². The van der Waals surface area contributed by atoms with Gasteiger partial charge in [-0.3, -0.25) is 9.59 Å². The fourth-order valence-corrected chi connectivity index (χ4v) is 13.0. The first kappa shape index (κ1) is 84.6. The van der Waals surface area contributed by atoms with Gasteiger partial charge in [-0.25, -0.2) is 0 Å². The molecule has 0 aliphatic rings. The lowest BCUT2D eigenvalue weighted by molar-refractivity contribution is -0.143. The minimum Gasteiger partial charge on any atom is -0.466 e. The second kappa shape index (κ2) is 76.1. The second-order valence-corrected chi connectivity index (χ2v) is 27.8. The SMILES string of the molecule is CCCCCCCC/C=C\CCCCCCCCCC(=O)OCCCCCCCCCCCCCCCCCCCCCCCCCCCCCCCCCCCCCC(=O)NC(CO)C(O)CCCCCCCCCCCCCCCCCCC. The molecule has 0 aromatic carbocycles. The molecule has 2 atom stereocenters. The number of aliphatic hydroxyl groups excluding tert-OH is 2. The molecule has 0 aromatic heterocycles. The number of hydrogen-bond acceptors (Lipinski definition) is 5. The zero-order valence-corrected chi connectivity index (χ0v) is 58.8. The Morgan fingerprint density at radius 1 is 0.314 bits per heavy atom. The molecule has 0 saturated heterocycles. The van der Waals surface area contributed by atoms with Crippen LogP contribution in [0.3, 0.4) is 0 Å². The molecule has 0 radical (unpaired) electrons. The van der Waals surface area contributed by atoms with Crippen molar-refractivity contribution in [1.29, 1.82) is 0 Å². The summed E-state index contributed by atoms with van der Waals surface area (Å²) in [6, 6.07) is -0.537. The lowest BCUT2D eigenvalue weighted by Gasteiger charge is -2.22. The third-order valence-corrected chi connectivity index (χ3v) is 19.1. The smallest absolute Gasteiger partial charge is 0.305 e. The first-order valence-electron chi connectivity index (χ1n) is 39.9. The summed E-state index contributed by atoms with van der Waals surface area (Å²) in [5.41, 5.74) is 0.